The summed E-state index contributed by atoms with van der Waals surface area (Å²) in [6, 6.07) is 17.0. The van der Waals surface area contributed by atoms with Crippen molar-refractivity contribution in [3.8, 4) is 0 Å². The second-order valence-electron chi connectivity index (χ2n) is 10.6. The van der Waals surface area contributed by atoms with E-state index in [4.69, 9.17) is 50.8 Å². The number of rotatable bonds is 18. The molecule has 1 aliphatic heterocycles. The van der Waals surface area contributed by atoms with Crippen LogP contribution in [0.25, 0.3) is 0 Å². The van der Waals surface area contributed by atoms with E-state index in [1.165, 1.54) is 0 Å². The van der Waals surface area contributed by atoms with E-state index < -0.39 is 82.8 Å². The Hall–Kier alpha value is -3.50. The number of carbonyl (C=O) groups is 4. The standard InChI is InChI=1S/C31H40O17P2/c1-21(32)44-26-17-31(30(35)38-4,47-29(28(26)46-23(3)34)27(45-22(2)33)20-43-49(36,39-5)40-6)48-50(37,41-18-24-13-9-7-10-14-24)42-19-25-15-11-8-12-16-25/h7-16,26-29H,17-20H2,1-6H3/t26-,27-,28-,29-,31+/m1/s1. The first-order valence-corrected chi connectivity index (χ1v) is 17.9. The van der Waals surface area contributed by atoms with E-state index in [9.17, 15) is 28.3 Å². The Bertz CT molecular complexity index is 1480. The van der Waals surface area contributed by atoms with Crippen LogP contribution in [0.4, 0.5) is 0 Å². The molecule has 0 radical (unpaired) electrons. The highest BCUT2D eigenvalue weighted by Crippen LogP contribution is 2.57. The number of hydrogen-bond donors (Lipinski definition) is 0. The van der Waals surface area contributed by atoms with Gasteiger partial charge in [-0.05, 0) is 11.1 Å². The molecule has 276 valence electrons. The number of esters is 4. The molecule has 1 saturated heterocycles. The van der Waals surface area contributed by atoms with Crippen LogP contribution in [0.15, 0.2) is 60.7 Å². The Morgan fingerprint density at radius 1 is 0.760 bits per heavy atom. The van der Waals surface area contributed by atoms with E-state index in [-0.39, 0.29) is 13.2 Å². The summed E-state index contributed by atoms with van der Waals surface area (Å²) < 4.78 is 86.9. The maximum absolute atomic E-state index is 14.5. The molecular formula is C31H40O17P2. The molecule has 0 saturated carbocycles. The molecular weight excluding hydrogens is 706 g/mol. The van der Waals surface area contributed by atoms with Crippen LogP contribution in [0.5, 0.6) is 0 Å². The first-order valence-electron chi connectivity index (χ1n) is 15.0. The minimum Gasteiger partial charge on any atom is -0.465 e. The topological polar surface area (TPSA) is 204 Å². The van der Waals surface area contributed by atoms with Crippen molar-refractivity contribution in [2.75, 3.05) is 27.9 Å². The van der Waals surface area contributed by atoms with Gasteiger partial charge in [-0.15, -0.1) is 0 Å². The van der Waals surface area contributed by atoms with Gasteiger partial charge < -0.3 is 23.7 Å². The van der Waals surface area contributed by atoms with Crippen LogP contribution in [-0.4, -0.2) is 82.0 Å². The Morgan fingerprint density at radius 2 is 1.28 bits per heavy atom. The van der Waals surface area contributed by atoms with Gasteiger partial charge in [0, 0.05) is 35.0 Å². The number of hydrogen-bond acceptors (Lipinski definition) is 17. The fourth-order valence-electron chi connectivity index (χ4n) is 4.73. The van der Waals surface area contributed by atoms with Gasteiger partial charge in [-0.3, -0.25) is 37.0 Å². The number of carbonyl (C=O) groups excluding carboxylic acids is 4. The van der Waals surface area contributed by atoms with Crippen molar-refractivity contribution >= 4 is 39.5 Å². The maximum atomic E-state index is 14.5. The van der Waals surface area contributed by atoms with Crippen LogP contribution >= 0.6 is 15.6 Å². The summed E-state index contributed by atoms with van der Waals surface area (Å²) in [5.74, 6) is -6.88. The van der Waals surface area contributed by atoms with E-state index in [0.717, 1.165) is 42.1 Å². The zero-order valence-electron chi connectivity index (χ0n) is 28.2. The molecule has 0 unspecified atom stereocenters. The summed E-state index contributed by atoms with van der Waals surface area (Å²) in [6.45, 7) is 1.60. The molecule has 5 atom stereocenters. The van der Waals surface area contributed by atoms with Crippen molar-refractivity contribution in [1.82, 2.24) is 0 Å². The minimum absolute atomic E-state index is 0.329. The van der Waals surface area contributed by atoms with Gasteiger partial charge in [-0.1, -0.05) is 60.7 Å². The summed E-state index contributed by atoms with van der Waals surface area (Å²) in [4.78, 5) is 50.7. The van der Waals surface area contributed by atoms with Gasteiger partial charge in [0.15, 0.2) is 12.2 Å². The monoisotopic (exact) mass is 746 g/mol. The van der Waals surface area contributed by atoms with Crippen molar-refractivity contribution in [2.24, 2.45) is 0 Å². The highest BCUT2D eigenvalue weighted by atomic mass is 31.2. The normalized spacial score (nSPS) is 21.4. The molecule has 0 amide bonds. The van der Waals surface area contributed by atoms with Gasteiger partial charge in [0.05, 0.1) is 33.4 Å². The molecule has 3 rings (SSSR count). The number of phosphoric acid groups is 2. The molecule has 17 nitrogen and oxygen atoms in total. The summed E-state index contributed by atoms with van der Waals surface area (Å²) in [7, 11) is -6.10. The molecule has 1 aliphatic rings. The molecule has 2 aromatic rings. The number of phosphoric ester groups is 2. The summed E-state index contributed by atoms with van der Waals surface area (Å²) in [5, 5.41) is 0. The molecule has 1 fully saturated rings. The largest absolute Gasteiger partial charge is 0.478 e. The Labute approximate surface area is 288 Å². The van der Waals surface area contributed by atoms with Gasteiger partial charge >= 0.3 is 39.5 Å². The fraction of sp³-hybridized carbons (Fsp3) is 0.484. The van der Waals surface area contributed by atoms with Gasteiger partial charge in [0.25, 0.3) is 5.79 Å². The van der Waals surface area contributed by atoms with E-state index in [1.807, 2.05) is 0 Å². The van der Waals surface area contributed by atoms with Crippen molar-refractivity contribution in [3.05, 3.63) is 71.8 Å². The van der Waals surface area contributed by atoms with Crippen molar-refractivity contribution < 1.29 is 79.1 Å². The van der Waals surface area contributed by atoms with Gasteiger partial charge in [0.2, 0.25) is 0 Å². The smallest absolute Gasteiger partial charge is 0.465 e. The van der Waals surface area contributed by atoms with E-state index >= 15 is 0 Å². The fourth-order valence-corrected chi connectivity index (χ4v) is 6.77. The van der Waals surface area contributed by atoms with Crippen LogP contribution in [0.2, 0.25) is 0 Å². The number of benzene rings is 2. The zero-order valence-corrected chi connectivity index (χ0v) is 30.0. The van der Waals surface area contributed by atoms with E-state index in [2.05, 4.69) is 0 Å². The maximum Gasteiger partial charge on any atom is 0.478 e. The highest BCUT2D eigenvalue weighted by Gasteiger charge is 2.62. The van der Waals surface area contributed by atoms with Crippen molar-refractivity contribution in [2.45, 2.75) is 70.6 Å². The zero-order chi connectivity index (χ0) is 37.0. The van der Waals surface area contributed by atoms with Crippen LogP contribution < -0.4 is 0 Å². The van der Waals surface area contributed by atoms with Crippen molar-refractivity contribution in [3.63, 3.8) is 0 Å². The first-order chi connectivity index (χ1) is 23.7. The highest BCUT2D eigenvalue weighted by molar-refractivity contribution is 7.48. The average molecular weight is 747 g/mol. The molecule has 19 heteroatoms. The second kappa shape index (κ2) is 18.7. The first kappa shape index (κ1) is 40.9. The average Bonchev–Trinajstić information content (AvgIpc) is 3.09. The summed E-state index contributed by atoms with van der Waals surface area (Å²) >= 11 is 0. The molecule has 1 heterocycles. The van der Waals surface area contributed by atoms with Crippen LogP contribution in [0, 0.1) is 0 Å². The molecule has 0 spiro atoms. The molecule has 0 aromatic heterocycles. The molecule has 2 aromatic carbocycles. The Kier molecular flexibility index (Phi) is 15.3. The van der Waals surface area contributed by atoms with Crippen LogP contribution in [0.3, 0.4) is 0 Å². The van der Waals surface area contributed by atoms with E-state index in [1.54, 1.807) is 60.7 Å². The Morgan fingerprint density at radius 3 is 1.72 bits per heavy atom. The SMILES string of the molecule is COC(=O)[C@@]1(OP(=O)(OCc2ccccc2)OCc2ccccc2)C[C@@H](OC(C)=O)[C@@H](OC(C)=O)[C@@H]([C@@H](COP(=O)(OC)OC)OC(C)=O)O1. The third-order valence-corrected chi connectivity index (χ3v) is 9.62. The second-order valence-corrected chi connectivity index (χ2v) is 14.0. The van der Waals surface area contributed by atoms with Gasteiger partial charge in [-0.2, -0.15) is 0 Å². The lowest BCUT2D eigenvalue weighted by Crippen LogP contribution is -2.64. The Balaban J connectivity index is 2.16. The lowest BCUT2D eigenvalue weighted by atomic mass is 9.92. The quantitative estimate of drug-likeness (QED) is 0.118. The number of methoxy groups -OCH3 is 1. The lowest BCUT2D eigenvalue weighted by Gasteiger charge is -2.47. The minimum atomic E-state index is -4.89. The molecule has 0 aliphatic carbocycles. The van der Waals surface area contributed by atoms with Crippen LogP contribution in [0.1, 0.15) is 38.3 Å². The predicted octanol–water partition coefficient (Wildman–Crippen LogP) is 4.42. The summed E-state index contributed by atoms with van der Waals surface area (Å²) in [6.07, 6.45) is -7.59. The molecule has 50 heavy (non-hydrogen) atoms. The van der Waals surface area contributed by atoms with Crippen molar-refractivity contribution in [1.29, 1.82) is 0 Å². The molecule has 0 N–H and O–H groups in total. The van der Waals surface area contributed by atoms with E-state index in [0.29, 0.717) is 11.1 Å². The third kappa shape index (κ3) is 11.8. The predicted molar refractivity (Wildman–Crippen MR) is 170 cm³/mol. The third-order valence-electron chi connectivity index (χ3n) is 6.85. The lowest BCUT2D eigenvalue weighted by molar-refractivity contribution is -0.308. The van der Waals surface area contributed by atoms with Gasteiger partial charge in [0.1, 0.15) is 12.2 Å². The number of ether oxygens (including phenoxy) is 5. The summed E-state index contributed by atoms with van der Waals surface area (Å²) in [5.41, 5.74) is 1.10. The van der Waals surface area contributed by atoms with Gasteiger partial charge in [-0.25, -0.2) is 18.4 Å². The molecule has 0 bridgehead atoms. The van der Waals surface area contributed by atoms with Crippen LogP contribution in [-0.2, 0) is 92.3 Å².